The summed E-state index contributed by atoms with van der Waals surface area (Å²) in [4.78, 5) is 2.01. The molecule has 4 nitrogen and oxygen atoms in total. The fourth-order valence-corrected chi connectivity index (χ4v) is 1.53. The van der Waals surface area contributed by atoms with Gasteiger partial charge in [-0.2, -0.15) is 0 Å². The Hall–Kier alpha value is -1.26. The van der Waals surface area contributed by atoms with Crippen LogP contribution >= 0.6 is 0 Å². The lowest BCUT2D eigenvalue weighted by Gasteiger charge is -2.17. The van der Waals surface area contributed by atoms with Crippen LogP contribution in [0.3, 0.4) is 0 Å². The molecule has 0 bridgehead atoms. The minimum atomic E-state index is -0.237. The van der Waals surface area contributed by atoms with Crippen molar-refractivity contribution < 1.29 is 9.84 Å². The Labute approximate surface area is 96.6 Å². The maximum atomic E-state index is 8.93. The number of anilines is 1. The number of hydrogen-bond acceptors (Lipinski definition) is 4. The van der Waals surface area contributed by atoms with E-state index < -0.39 is 0 Å². The number of methoxy groups -OCH3 is 1. The predicted molar refractivity (Wildman–Crippen MR) is 66.1 cm³/mol. The zero-order valence-corrected chi connectivity index (χ0v) is 10.1. The van der Waals surface area contributed by atoms with Crippen molar-refractivity contribution in [3.8, 4) is 5.75 Å². The Balaban J connectivity index is 2.93. The SMILES string of the molecule is COc1cc(N(C)C)ccc1CC(N)CO. The first-order chi connectivity index (χ1) is 7.58. The standard InChI is InChI=1S/C12H20N2O2/c1-14(2)11-5-4-9(6-10(13)8-15)12(7-11)16-3/h4-5,7,10,15H,6,8,13H2,1-3H3. The van der Waals surface area contributed by atoms with Gasteiger partial charge >= 0.3 is 0 Å². The van der Waals surface area contributed by atoms with Crippen molar-refractivity contribution in [1.82, 2.24) is 0 Å². The Kier molecular flexibility index (Phi) is 4.58. The van der Waals surface area contributed by atoms with Crippen LogP contribution in [0.15, 0.2) is 18.2 Å². The molecular formula is C12H20N2O2. The van der Waals surface area contributed by atoms with E-state index in [1.807, 2.05) is 37.2 Å². The summed E-state index contributed by atoms with van der Waals surface area (Å²) in [7, 11) is 5.60. The number of aliphatic hydroxyl groups excluding tert-OH is 1. The second kappa shape index (κ2) is 5.72. The average Bonchev–Trinajstić information content (AvgIpc) is 2.29. The first-order valence-electron chi connectivity index (χ1n) is 5.29. The summed E-state index contributed by atoms with van der Waals surface area (Å²) in [5, 5.41) is 8.93. The molecule has 0 spiro atoms. The van der Waals surface area contributed by atoms with E-state index in [9.17, 15) is 0 Å². The third-order valence-electron chi connectivity index (χ3n) is 2.50. The normalized spacial score (nSPS) is 12.3. The molecule has 0 saturated carbocycles. The van der Waals surface area contributed by atoms with Crippen LogP contribution in [0.5, 0.6) is 5.75 Å². The Morgan fingerprint density at radius 3 is 2.62 bits per heavy atom. The molecule has 4 heteroatoms. The minimum Gasteiger partial charge on any atom is -0.496 e. The number of nitrogens with two attached hydrogens (primary N) is 1. The van der Waals surface area contributed by atoms with Crippen molar-refractivity contribution in [2.75, 3.05) is 32.7 Å². The van der Waals surface area contributed by atoms with E-state index in [0.29, 0.717) is 6.42 Å². The molecule has 0 fully saturated rings. The second-order valence-corrected chi connectivity index (χ2v) is 4.04. The summed E-state index contributed by atoms with van der Waals surface area (Å²) in [5.74, 6) is 0.815. The third kappa shape index (κ3) is 3.12. The highest BCUT2D eigenvalue weighted by Gasteiger charge is 2.09. The Morgan fingerprint density at radius 1 is 1.44 bits per heavy atom. The van der Waals surface area contributed by atoms with Crippen molar-refractivity contribution in [2.45, 2.75) is 12.5 Å². The number of benzene rings is 1. The van der Waals surface area contributed by atoms with Crippen molar-refractivity contribution >= 4 is 5.69 Å². The van der Waals surface area contributed by atoms with Crippen molar-refractivity contribution in [3.05, 3.63) is 23.8 Å². The molecule has 0 radical (unpaired) electrons. The van der Waals surface area contributed by atoms with E-state index >= 15 is 0 Å². The minimum absolute atomic E-state index is 0.0153. The molecule has 3 N–H and O–H groups in total. The fraction of sp³-hybridized carbons (Fsp3) is 0.500. The molecule has 90 valence electrons. The second-order valence-electron chi connectivity index (χ2n) is 4.04. The van der Waals surface area contributed by atoms with E-state index in [-0.39, 0.29) is 12.6 Å². The summed E-state index contributed by atoms with van der Waals surface area (Å²) in [6.45, 7) is -0.0153. The smallest absolute Gasteiger partial charge is 0.124 e. The zero-order valence-electron chi connectivity index (χ0n) is 10.1. The van der Waals surface area contributed by atoms with Gasteiger partial charge in [0.05, 0.1) is 13.7 Å². The molecular weight excluding hydrogens is 204 g/mol. The van der Waals surface area contributed by atoms with Crippen molar-refractivity contribution in [3.63, 3.8) is 0 Å². The average molecular weight is 224 g/mol. The fourth-order valence-electron chi connectivity index (χ4n) is 1.53. The summed E-state index contributed by atoms with van der Waals surface area (Å²) in [6.07, 6.45) is 0.618. The van der Waals surface area contributed by atoms with Gasteiger partial charge in [0.15, 0.2) is 0 Å². The van der Waals surface area contributed by atoms with Crippen LogP contribution in [0.1, 0.15) is 5.56 Å². The van der Waals surface area contributed by atoms with E-state index in [0.717, 1.165) is 17.0 Å². The molecule has 0 aliphatic rings. The Bertz CT molecular complexity index is 340. The molecule has 1 unspecified atom stereocenters. The summed E-state index contributed by atoms with van der Waals surface area (Å²) < 4.78 is 5.32. The van der Waals surface area contributed by atoms with Crippen LogP contribution in [0.4, 0.5) is 5.69 Å². The number of aliphatic hydroxyl groups is 1. The quantitative estimate of drug-likeness (QED) is 0.770. The first-order valence-corrected chi connectivity index (χ1v) is 5.29. The summed E-state index contributed by atoms with van der Waals surface area (Å²) in [5.41, 5.74) is 7.81. The topological polar surface area (TPSA) is 58.7 Å². The van der Waals surface area contributed by atoms with Crippen molar-refractivity contribution in [2.24, 2.45) is 5.73 Å². The monoisotopic (exact) mass is 224 g/mol. The molecule has 0 aliphatic heterocycles. The molecule has 16 heavy (non-hydrogen) atoms. The lowest BCUT2D eigenvalue weighted by atomic mass is 10.1. The molecule has 0 aromatic heterocycles. The van der Waals surface area contributed by atoms with Crippen LogP contribution < -0.4 is 15.4 Å². The maximum Gasteiger partial charge on any atom is 0.124 e. The molecule has 1 aromatic carbocycles. The lowest BCUT2D eigenvalue weighted by molar-refractivity contribution is 0.264. The Morgan fingerprint density at radius 2 is 2.12 bits per heavy atom. The highest BCUT2D eigenvalue weighted by molar-refractivity contribution is 5.53. The number of ether oxygens (including phenoxy) is 1. The highest BCUT2D eigenvalue weighted by Crippen LogP contribution is 2.25. The van der Waals surface area contributed by atoms with Crippen LogP contribution in [0.2, 0.25) is 0 Å². The third-order valence-corrected chi connectivity index (χ3v) is 2.50. The zero-order chi connectivity index (χ0) is 12.1. The van der Waals surface area contributed by atoms with E-state index in [2.05, 4.69) is 0 Å². The van der Waals surface area contributed by atoms with E-state index in [4.69, 9.17) is 15.6 Å². The molecule has 0 heterocycles. The summed E-state index contributed by atoms with van der Waals surface area (Å²) >= 11 is 0. The molecule has 1 aromatic rings. The van der Waals surface area contributed by atoms with Gasteiger partial charge in [-0.15, -0.1) is 0 Å². The predicted octanol–water partition coefficient (Wildman–Crippen LogP) is 0.623. The molecule has 0 saturated heterocycles. The van der Waals surface area contributed by atoms with Gasteiger partial charge in [-0.05, 0) is 18.1 Å². The molecule has 0 amide bonds. The van der Waals surface area contributed by atoms with Gasteiger partial charge in [-0.1, -0.05) is 6.07 Å². The van der Waals surface area contributed by atoms with Gasteiger partial charge in [0.2, 0.25) is 0 Å². The molecule has 1 atom stereocenters. The number of nitrogens with zero attached hydrogens (tertiary/aromatic N) is 1. The van der Waals surface area contributed by atoms with Gasteiger partial charge < -0.3 is 20.5 Å². The molecule has 0 aliphatic carbocycles. The highest BCUT2D eigenvalue weighted by atomic mass is 16.5. The van der Waals surface area contributed by atoms with Crippen LogP contribution in [-0.4, -0.2) is 39.0 Å². The lowest BCUT2D eigenvalue weighted by Crippen LogP contribution is -2.27. The number of rotatable bonds is 5. The number of hydrogen-bond donors (Lipinski definition) is 2. The van der Waals surface area contributed by atoms with Crippen LogP contribution in [0.25, 0.3) is 0 Å². The van der Waals surface area contributed by atoms with Crippen LogP contribution in [0, 0.1) is 0 Å². The van der Waals surface area contributed by atoms with Gasteiger partial charge in [0.25, 0.3) is 0 Å². The maximum absolute atomic E-state index is 8.93. The first kappa shape index (κ1) is 12.8. The molecule has 1 rings (SSSR count). The van der Waals surface area contributed by atoms with Gasteiger partial charge in [0, 0.05) is 31.9 Å². The van der Waals surface area contributed by atoms with Crippen molar-refractivity contribution in [1.29, 1.82) is 0 Å². The van der Waals surface area contributed by atoms with E-state index in [1.54, 1.807) is 7.11 Å². The van der Waals surface area contributed by atoms with Gasteiger partial charge in [0.1, 0.15) is 5.75 Å². The van der Waals surface area contributed by atoms with E-state index in [1.165, 1.54) is 0 Å². The largest absolute Gasteiger partial charge is 0.496 e. The van der Waals surface area contributed by atoms with Gasteiger partial charge in [-0.3, -0.25) is 0 Å². The van der Waals surface area contributed by atoms with Crippen LogP contribution in [-0.2, 0) is 6.42 Å². The summed E-state index contributed by atoms with van der Waals surface area (Å²) in [6, 6.07) is 5.74. The van der Waals surface area contributed by atoms with Gasteiger partial charge in [-0.25, -0.2) is 0 Å².